The van der Waals surface area contributed by atoms with Gasteiger partial charge in [0.05, 0.1) is 20.1 Å². The first-order valence-corrected chi connectivity index (χ1v) is 11.2. The molecule has 0 aliphatic carbocycles. The summed E-state index contributed by atoms with van der Waals surface area (Å²) in [5.74, 6) is 1.09. The van der Waals surface area contributed by atoms with Crippen LogP contribution in [0.1, 0.15) is 12.8 Å². The van der Waals surface area contributed by atoms with Crippen LogP contribution in [0.2, 0.25) is 0 Å². The van der Waals surface area contributed by atoms with Crippen LogP contribution in [0, 0.1) is 11.7 Å². The molecule has 3 heterocycles. The van der Waals surface area contributed by atoms with Crippen LogP contribution in [0.4, 0.5) is 15.9 Å². The third kappa shape index (κ3) is 4.46. The number of carbonyl (C=O) groups excluding carboxylic acids is 1. The minimum atomic E-state index is -0.336. The average Bonchev–Trinajstić information content (AvgIpc) is 3.33. The van der Waals surface area contributed by atoms with Crippen molar-refractivity contribution in [3.05, 3.63) is 54.6 Å². The summed E-state index contributed by atoms with van der Waals surface area (Å²) in [4.78, 5) is 23.9. The SMILES string of the molecule is COc1ccc(NC(=O)C2CCCN(c3ncnc4onc(-c5ccc(F)cc5)c34)C2)cc1OC. The Labute approximate surface area is 200 Å². The zero-order valence-corrected chi connectivity index (χ0v) is 19.3. The molecule has 35 heavy (non-hydrogen) atoms. The monoisotopic (exact) mass is 477 g/mol. The Morgan fingerprint density at radius 3 is 2.69 bits per heavy atom. The van der Waals surface area contributed by atoms with Crippen LogP contribution >= 0.6 is 0 Å². The Morgan fingerprint density at radius 2 is 1.91 bits per heavy atom. The van der Waals surface area contributed by atoms with Gasteiger partial charge in [-0.1, -0.05) is 5.16 Å². The Kier molecular flexibility index (Phi) is 6.17. The van der Waals surface area contributed by atoms with Crippen molar-refractivity contribution in [3.63, 3.8) is 0 Å². The lowest BCUT2D eigenvalue weighted by molar-refractivity contribution is -0.120. The number of piperidine rings is 1. The first-order valence-electron chi connectivity index (χ1n) is 11.2. The van der Waals surface area contributed by atoms with E-state index in [0.29, 0.717) is 51.9 Å². The van der Waals surface area contributed by atoms with Crippen LogP contribution in [0.15, 0.2) is 53.3 Å². The zero-order valence-electron chi connectivity index (χ0n) is 19.3. The van der Waals surface area contributed by atoms with E-state index in [9.17, 15) is 9.18 Å². The van der Waals surface area contributed by atoms with Crippen molar-refractivity contribution >= 4 is 28.5 Å². The molecule has 4 aromatic rings. The number of amides is 1. The lowest BCUT2D eigenvalue weighted by atomic mass is 9.96. The van der Waals surface area contributed by atoms with Crippen molar-refractivity contribution in [2.24, 2.45) is 5.92 Å². The van der Waals surface area contributed by atoms with Gasteiger partial charge in [-0.15, -0.1) is 0 Å². The van der Waals surface area contributed by atoms with Crippen molar-refractivity contribution in [2.45, 2.75) is 12.8 Å². The molecule has 180 valence electrons. The number of benzene rings is 2. The summed E-state index contributed by atoms with van der Waals surface area (Å²) >= 11 is 0. The molecule has 1 N–H and O–H groups in total. The van der Waals surface area contributed by atoms with Gasteiger partial charge in [0.15, 0.2) is 11.5 Å². The smallest absolute Gasteiger partial charge is 0.263 e. The number of aromatic nitrogens is 3. The molecule has 1 amide bonds. The van der Waals surface area contributed by atoms with Gasteiger partial charge in [0, 0.05) is 30.4 Å². The molecule has 1 unspecified atom stereocenters. The van der Waals surface area contributed by atoms with Crippen LogP contribution in [0.5, 0.6) is 11.5 Å². The lowest BCUT2D eigenvalue weighted by Gasteiger charge is -2.33. The number of rotatable bonds is 6. The fraction of sp³-hybridized carbons (Fsp3) is 0.280. The van der Waals surface area contributed by atoms with E-state index in [1.165, 1.54) is 18.5 Å². The number of methoxy groups -OCH3 is 2. The topological polar surface area (TPSA) is 103 Å². The van der Waals surface area contributed by atoms with Gasteiger partial charge in [-0.3, -0.25) is 4.79 Å². The van der Waals surface area contributed by atoms with Crippen molar-refractivity contribution in [3.8, 4) is 22.8 Å². The Morgan fingerprint density at radius 1 is 1.11 bits per heavy atom. The Bertz CT molecular complexity index is 1360. The second kappa shape index (κ2) is 9.57. The molecule has 1 saturated heterocycles. The lowest BCUT2D eigenvalue weighted by Crippen LogP contribution is -2.41. The van der Waals surface area contributed by atoms with Gasteiger partial charge in [-0.2, -0.15) is 4.98 Å². The maximum Gasteiger partial charge on any atom is 0.263 e. The Hall–Kier alpha value is -4.21. The first kappa shape index (κ1) is 22.6. The standard InChI is InChI=1S/C25H24FN5O4/c1-33-19-10-9-18(12-20(19)34-2)29-24(32)16-4-3-11-31(13-16)23-21-22(15-5-7-17(26)8-6-15)30-35-25(21)28-14-27-23/h5-10,12,14,16H,3-4,11,13H2,1-2H3,(H,29,32). The second-order valence-corrected chi connectivity index (χ2v) is 8.26. The number of ether oxygens (including phenoxy) is 2. The third-order valence-electron chi connectivity index (χ3n) is 6.11. The maximum atomic E-state index is 13.4. The predicted molar refractivity (Wildman–Crippen MR) is 128 cm³/mol. The van der Waals surface area contributed by atoms with Gasteiger partial charge in [-0.05, 0) is 49.2 Å². The van der Waals surface area contributed by atoms with Gasteiger partial charge < -0.3 is 24.2 Å². The fourth-order valence-electron chi connectivity index (χ4n) is 4.36. The number of nitrogens with zero attached hydrogens (tertiary/aromatic N) is 4. The molecule has 2 aromatic heterocycles. The summed E-state index contributed by atoms with van der Waals surface area (Å²) in [6, 6.07) is 11.3. The molecular formula is C25H24FN5O4. The van der Waals surface area contributed by atoms with Gasteiger partial charge >= 0.3 is 0 Å². The summed E-state index contributed by atoms with van der Waals surface area (Å²) in [6.07, 6.45) is 2.98. The van der Waals surface area contributed by atoms with Crippen LogP contribution in [0.3, 0.4) is 0 Å². The third-order valence-corrected chi connectivity index (χ3v) is 6.11. The molecule has 9 nitrogen and oxygen atoms in total. The molecule has 0 radical (unpaired) electrons. The predicted octanol–water partition coefficient (Wildman–Crippen LogP) is 4.30. The summed E-state index contributed by atoms with van der Waals surface area (Å²) in [5, 5.41) is 7.79. The molecule has 1 aliphatic rings. The fourth-order valence-corrected chi connectivity index (χ4v) is 4.36. The second-order valence-electron chi connectivity index (χ2n) is 8.26. The molecule has 2 aromatic carbocycles. The van der Waals surface area contributed by atoms with Crippen molar-refractivity contribution in [1.29, 1.82) is 0 Å². The summed E-state index contributed by atoms with van der Waals surface area (Å²) in [5.41, 5.74) is 2.20. The number of carbonyl (C=O) groups is 1. The number of nitrogens with one attached hydrogen (secondary N) is 1. The normalized spacial score (nSPS) is 15.7. The molecule has 1 fully saturated rings. The summed E-state index contributed by atoms with van der Waals surface area (Å²) in [6.45, 7) is 1.19. The van der Waals surface area contributed by atoms with Gasteiger partial charge in [0.2, 0.25) is 5.91 Å². The molecule has 0 bridgehead atoms. The molecule has 0 spiro atoms. The van der Waals surface area contributed by atoms with Gasteiger partial charge in [0.25, 0.3) is 5.71 Å². The van der Waals surface area contributed by atoms with E-state index in [0.717, 1.165) is 19.4 Å². The van der Waals surface area contributed by atoms with E-state index >= 15 is 0 Å². The van der Waals surface area contributed by atoms with Crippen LogP contribution in [-0.2, 0) is 4.79 Å². The maximum absolute atomic E-state index is 13.4. The van der Waals surface area contributed by atoms with Gasteiger partial charge in [0.1, 0.15) is 29.0 Å². The van der Waals surface area contributed by atoms with E-state index in [1.807, 2.05) is 0 Å². The van der Waals surface area contributed by atoms with E-state index in [-0.39, 0.29) is 17.6 Å². The number of fused-ring (bicyclic) bond motifs is 1. The summed E-state index contributed by atoms with van der Waals surface area (Å²) in [7, 11) is 3.11. The van der Waals surface area contributed by atoms with E-state index in [4.69, 9.17) is 14.0 Å². The molecular weight excluding hydrogens is 453 g/mol. The minimum Gasteiger partial charge on any atom is -0.493 e. The van der Waals surface area contributed by atoms with Crippen LogP contribution in [0.25, 0.3) is 22.4 Å². The van der Waals surface area contributed by atoms with Crippen molar-refractivity contribution < 1.29 is 23.2 Å². The molecule has 1 atom stereocenters. The quantitative estimate of drug-likeness (QED) is 0.439. The highest BCUT2D eigenvalue weighted by Gasteiger charge is 2.29. The molecule has 10 heteroatoms. The largest absolute Gasteiger partial charge is 0.493 e. The number of halogens is 1. The van der Waals surface area contributed by atoms with Crippen molar-refractivity contribution in [1.82, 2.24) is 15.1 Å². The van der Waals surface area contributed by atoms with Crippen LogP contribution in [-0.4, -0.2) is 48.3 Å². The number of anilines is 2. The molecule has 1 aliphatic heterocycles. The zero-order chi connectivity index (χ0) is 24.4. The average molecular weight is 477 g/mol. The summed E-state index contributed by atoms with van der Waals surface area (Å²) < 4.78 is 29.5. The highest BCUT2D eigenvalue weighted by molar-refractivity contribution is 5.98. The van der Waals surface area contributed by atoms with Gasteiger partial charge in [-0.25, -0.2) is 9.37 Å². The van der Waals surface area contributed by atoms with E-state index in [1.54, 1.807) is 44.6 Å². The molecule has 0 saturated carbocycles. The Balaban J connectivity index is 1.39. The highest BCUT2D eigenvalue weighted by atomic mass is 19.1. The number of hydrogen-bond acceptors (Lipinski definition) is 8. The number of hydrogen-bond donors (Lipinski definition) is 1. The van der Waals surface area contributed by atoms with E-state index in [2.05, 4.69) is 25.3 Å². The highest BCUT2D eigenvalue weighted by Crippen LogP contribution is 2.35. The van der Waals surface area contributed by atoms with E-state index < -0.39 is 0 Å². The minimum absolute atomic E-state index is 0.0868. The first-order chi connectivity index (χ1) is 17.1. The van der Waals surface area contributed by atoms with Crippen molar-refractivity contribution in [2.75, 3.05) is 37.5 Å². The van der Waals surface area contributed by atoms with Crippen LogP contribution < -0.4 is 19.7 Å². The molecule has 5 rings (SSSR count).